The van der Waals surface area contributed by atoms with E-state index in [1.165, 1.54) is 28.5 Å². The van der Waals surface area contributed by atoms with E-state index in [1.807, 2.05) is 11.3 Å². The third-order valence-electron chi connectivity index (χ3n) is 3.76. The molecule has 1 unspecified atom stereocenters. The molecule has 17 heavy (non-hydrogen) atoms. The summed E-state index contributed by atoms with van der Waals surface area (Å²) >= 11 is 1.81. The van der Waals surface area contributed by atoms with Gasteiger partial charge in [0.25, 0.3) is 0 Å². The van der Waals surface area contributed by atoms with Crippen LogP contribution in [-0.4, -0.2) is 13.1 Å². The van der Waals surface area contributed by atoms with Gasteiger partial charge in [-0.25, -0.2) is 0 Å². The molecule has 2 nitrogen and oxygen atoms in total. The van der Waals surface area contributed by atoms with Crippen molar-refractivity contribution in [3.63, 3.8) is 0 Å². The van der Waals surface area contributed by atoms with E-state index in [0.29, 0.717) is 5.92 Å². The zero-order chi connectivity index (χ0) is 11.7. The van der Waals surface area contributed by atoms with Crippen LogP contribution in [0.2, 0.25) is 0 Å². The SMILES string of the molecule is NC(c1csc2ccccc12)C1CCNCC1. The number of fused-ring (bicyclic) bond motifs is 1. The van der Waals surface area contributed by atoms with Gasteiger partial charge in [0.05, 0.1) is 0 Å². The molecule has 0 bridgehead atoms. The van der Waals surface area contributed by atoms with Crippen LogP contribution in [-0.2, 0) is 0 Å². The summed E-state index contributed by atoms with van der Waals surface area (Å²) in [6.07, 6.45) is 2.40. The second kappa shape index (κ2) is 4.77. The molecule has 1 aliphatic heterocycles. The van der Waals surface area contributed by atoms with Crippen molar-refractivity contribution in [2.75, 3.05) is 13.1 Å². The number of nitrogens with one attached hydrogen (secondary N) is 1. The minimum Gasteiger partial charge on any atom is -0.324 e. The van der Waals surface area contributed by atoms with Crippen LogP contribution in [0.15, 0.2) is 29.6 Å². The molecule has 1 fully saturated rings. The standard InChI is InChI=1S/C14H18N2S/c15-14(10-5-7-16-8-6-10)12-9-17-13-4-2-1-3-11(12)13/h1-4,9-10,14,16H,5-8,15H2. The zero-order valence-corrected chi connectivity index (χ0v) is 10.7. The highest BCUT2D eigenvalue weighted by Crippen LogP contribution is 2.34. The quantitative estimate of drug-likeness (QED) is 0.855. The Labute approximate surface area is 106 Å². The maximum Gasteiger partial charge on any atom is 0.0346 e. The molecule has 3 N–H and O–H groups in total. The van der Waals surface area contributed by atoms with Crippen LogP contribution in [0, 0.1) is 5.92 Å². The molecule has 0 spiro atoms. The predicted molar refractivity (Wildman–Crippen MR) is 74.3 cm³/mol. The molecule has 1 aromatic heterocycles. The maximum atomic E-state index is 6.46. The van der Waals surface area contributed by atoms with Crippen molar-refractivity contribution in [3.05, 3.63) is 35.2 Å². The van der Waals surface area contributed by atoms with Gasteiger partial charge in [-0.05, 0) is 54.2 Å². The van der Waals surface area contributed by atoms with E-state index in [1.54, 1.807) is 0 Å². The lowest BCUT2D eigenvalue weighted by atomic mass is 9.86. The van der Waals surface area contributed by atoms with E-state index in [4.69, 9.17) is 5.73 Å². The van der Waals surface area contributed by atoms with Crippen molar-refractivity contribution in [2.24, 2.45) is 11.7 Å². The van der Waals surface area contributed by atoms with Gasteiger partial charge < -0.3 is 11.1 Å². The van der Waals surface area contributed by atoms with Crippen LogP contribution in [0.1, 0.15) is 24.4 Å². The Morgan fingerprint density at radius 1 is 1.24 bits per heavy atom. The fourth-order valence-corrected chi connectivity index (χ4v) is 3.72. The lowest BCUT2D eigenvalue weighted by Gasteiger charge is -2.28. The van der Waals surface area contributed by atoms with Gasteiger partial charge in [0.2, 0.25) is 0 Å². The first-order valence-corrected chi connectivity index (χ1v) is 7.16. The molecular formula is C14H18N2S. The van der Waals surface area contributed by atoms with Gasteiger partial charge >= 0.3 is 0 Å². The van der Waals surface area contributed by atoms with Crippen LogP contribution >= 0.6 is 11.3 Å². The van der Waals surface area contributed by atoms with Crippen LogP contribution < -0.4 is 11.1 Å². The summed E-state index contributed by atoms with van der Waals surface area (Å²) in [6, 6.07) is 8.78. The topological polar surface area (TPSA) is 38.0 Å². The summed E-state index contributed by atoms with van der Waals surface area (Å²) in [5.74, 6) is 0.634. The number of piperidine rings is 1. The zero-order valence-electron chi connectivity index (χ0n) is 9.86. The van der Waals surface area contributed by atoms with Crippen molar-refractivity contribution < 1.29 is 0 Å². The monoisotopic (exact) mass is 246 g/mol. The molecule has 1 atom stereocenters. The molecule has 0 aliphatic carbocycles. The average Bonchev–Trinajstić information content (AvgIpc) is 2.83. The highest BCUT2D eigenvalue weighted by atomic mass is 32.1. The summed E-state index contributed by atoms with van der Waals surface area (Å²) in [6.45, 7) is 2.22. The Kier molecular flexibility index (Phi) is 3.14. The Morgan fingerprint density at radius 2 is 2.00 bits per heavy atom. The number of nitrogens with two attached hydrogens (primary N) is 1. The van der Waals surface area contributed by atoms with Crippen LogP contribution in [0.3, 0.4) is 0 Å². The van der Waals surface area contributed by atoms with Gasteiger partial charge in [-0.15, -0.1) is 11.3 Å². The van der Waals surface area contributed by atoms with Gasteiger partial charge in [0.1, 0.15) is 0 Å². The molecule has 1 aliphatic rings. The minimum atomic E-state index is 0.202. The molecule has 3 heteroatoms. The maximum absolute atomic E-state index is 6.46. The summed E-state index contributed by atoms with van der Waals surface area (Å²) in [4.78, 5) is 0. The largest absolute Gasteiger partial charge is 0.324 e. The van der Waals surface area contributed by atoms with Crippen molar-refractivity contribution in [1.29, 1.82) is 0 Å². The van der Waals surface area contributed by atoms with Crippen molar-refractivity contribution in [3.8, 4) is 0 Å². The Balaban J connectivity index is 1.92. The van der Waals surface area contributed by atoms with E-state index in [0.717, 1.165) is 13.1 Å². The molecule has 90 valence electrons. The number of hydrogen-bond donors (Lipinski definition) is 2. The third kappa shape index (κ3) is 2.10. The first kappa shape index (κ1) is 11.2. The number of benzene rings is 1. The number of rotatable bonds is 2. The summed E-state index contributed by atoms with van der Waals surface area (Å²) in [7, 11) is 0. The highest BCUT2D eigenvalue weighted by molar-refractivity contribution is 7.17. The van der Waals surface area contributed by atoms with Crippen LogP contribution in [0.4, 0.5) is 0 Å². The van der Waals surface area contributed by atoms with Gasteiger partial charge in [-0.1, -0.05) is 18.2 Å². The minimum absolute atomic E-state index is 0.202. The van der Waals surface area contributed by atoms with E-state index in [2.05, 4.69) is 35.0 Å². The van der Waals surface area contributed by atoms with E-state index < -0.39 is 0 Å². The summed E-state index contributed by atoms with van der Waals surface area (Å²) in [5.41, 5.74) is 7.80. The predicted octanol–water partition coefficient (Wildman–Crippen LogP) is 2.90. The first-order valence-electron chi connectivity index (χ1n) is 6.28. The molecular weight excluding hydrogens is 228 g/mol. The molecule has 1 saturated heterocycles. The lowest BCUT2D eigenvalue weighted by molar-refractivity contribution is 0.323. The molecule has 1 aromatic carbocycles. The Morgan fingerprint density at radius 3 is 2.82 bits per heavy atom. The number of hydrogen-bond acceptors (Lipinski definition) is 3. The van der Waals surface area contributed by atoms with Crippen LogP contribution in [0.25, 0.3) is 10.1 Å². The van der Waals surface area contributed by atoms with Gasteiger partial charge in [0, 0.05) is 10.7 Å². The van der Waals surface area contributed by atoms with E-state index in [9.17, 15) is 0 Å². The summed E-state index contributed by atoms with van der Waals surface area (Å²) in [5, 5.41) is 7.00. The second-order valence-corrected chi connectivity index (χ2v) is 5.71. The molecule has 2 aromatic rings. The summed E-state index contributed by atoms with van der Waals surface area (Å²) < 4.78 is 1.35. The second-order valence-electron chi connectivity index (χ2n) is 4.80. The molecule has 0 saturated carbocycles. The molecule has 2 heterocycles. The highest BCUT2D eigenvalue weighted by Gasteiger charge is 2.23. The smallest absolute Gasteiger partial charge is 0.0346 e. The van der Waals surface area contributed by atoms with Gasteiger partial charge in [-0.2, -0.15) is 0 Å². The average molecular weight is 246 g/mol. The Bertz CT molecular complexity index is 500. The lowest BCUT2D eigenvalue weighted by Crippen LogP contribution is -2.33. The van der Waals surface area contributed by atoms with E-state index >= 15 is 0 Å². The van der Waals surface area contributed by atoms with E-state index in [-0.39, 0.29) is 6.04 Å². The van der Waals surface area contributed by atoms with Crippen molar-refractivity contribution >= 4 is 21.4 Å². The van der Waals surface area contributed by atoms with Crippen molar-refractivity contribution in [2.45, 2.75) is 18.9 Å². The first-order chi connectivity index (χ1) is 8.36. The van der Waals surface area contributed by atoms with Gasteiger partial charge in [-0.3, -0.25) is 0 Å². The molecule has 0 radical (unpaired) electrons. The normalized spacial score (nSPS) is 19.6. The van der Waals surface area contributed by atoms with Crippen LogP contribution in [0.5, 0.6) is 0 Å². The fraction of sp³-hybridized carbons (Fsp3) is 0.429. The Hall–Kier alpha value is -0.900. The molecule has 0 amide bonds. The van der Waals surface area contributed by atoms with Gasteiger partial charge in [0.15, 0.2) is 0 Å². The number of thiophene rings is 1. The molecule has 3 rings (SSSR count). The van der Waals surface area contributed by atoms with Crippen molar-refractivity contribution in [1.82, 2.24) is 5.32 Å². The third-order valence-corrected chi connectivity index (χ3v) is 4.74. The fourth-order valence-electron chi connectivity index (χ4n) is 2.71.